The van der Waals surface area contributed by atoms with E-state index in [0.29, 0.717) is 0 Å². The summed E-state index contributed by atoms with van der Waals surface area (Å²) in [4.78, 5) is 0. The Kier molecular flexibility index (Phi) is 11.5. The minimum Gasteiger partial charge on any atom is -0.304 e. The maximum Gasteiger partial charge on any atom is 0.0813 e. The van der Waals surface area contributed by atoms with Crippen LogP contribution in [0, 0.1) is 12.8 Å². The molecule has 0 bridgehead atoms. The maximum absolute atomic E-state index is 5.13. The third-order valence-corrected chi connectivity index (χ3v) is 8.36. The Hall–Kier alpha value is -1.29. The van der Waals surface area contributed by atoms with Gasteiger partial charge in [0.05, 0.1) is 19.3 Å². The van der Waals surface area contributed by atoms with Crippen LogP contribution in [-0.2, 0) is 17.0 Å². The molecule has 1 aliphatic carbocycles. The Morgan fingerprint density at radius 3 is 2.44 bits per heavy atom. The van der Waals surface area contributed by atoms with Crippen molar-refractivity contribution in [1.29, 1.82) is 0 Å². The van der Waals surface area contributed by atoms with Crippen LogP contribution in [0.15, 0.2) is 36.4 Å². The van der Waals surface area contributed by atoms with E-state index in [0.717, 1.165) is 37.6 Å². The molecule has 0 aromatic heterocycles. The summed E-state index contributed by atoms with van der Waals surface area (Å²) in [6.45, 7) is 7.96. The van der Waals surface area contributed by atoms with E-state index >= 15 is 0 Å². The molecule has 1 saturated carbocycles. The number of rotatable bonds is 13. The van der Waals surface area contributed by atoms with E-state index in [1.165, 1.54) is 91.4 Å². The molecule has 0 radical (unpaired) electrons. The number of unbranched alkanes of at least 4 members (excludes halogenated alkanes) is 2. The average Bonchev–Trinajstić information content (AvgIpc) is 2.85. The first-order chi connectivity index (χ1) is 16.5. The Morgan fingerprint density at radius 1 is 0.971 bits per heavy atom. The van der Waals surface area contributed by atoms with Crippen molar-refractivity contribution in [2.75, 3.05) is 20.7 Å². The van der Waals surface area contributed by atoms with E-state index in [1.807, 2.05) is 0 Å². The first-order valence-corrected chi connectivity index (χ1v) is 14.4. The van der Waals surface area contributed by atoms with Crippen LogP contribution in [0.1, 0.15) is 99.8 Å². The normalized spacial score (nSPS) is 18.5. The van der Waals surface area contributed by atoms with Gasteiger partial charge in [-0.3, -0.25) is 0 Å². The largest absolute Gasteiger partial charge is 0.304 e. The van der Waals surface area contributed by atoms with Crippen LogP contribution in [0.4, 0.5) is 0 Å². The molecule has 0 heterocycles. The molecule has 0 saturated heterocycles. The monoisotopic (exact) mass is 481 g/mol. The average molecular weight is 482 g/mol. The molecular formula is C31H47NOS. The van der Waals surface area contributed by atoms with Crippen LogP contribution < -0.4 is 0 Å². The van der Waals surface area contributed by atoms with Crippen molar-refractivity contribution in [3.63, 3.8) is 0 Å². The van der Waals surface area contributed by atoms with Gasteiger partial charge in [-0.15, -0.1) is 0 Å². The standard InChI is InChI=1S/C31H47NOS/c1-6-8-9-11-25-13-16-28(17-14-25)30-20-18-29(22-24(30)3)31-19-15-26(23-27(31)7-2)12-10-21-32(4)34-33-5/h15,18-20,22-23,25,28H,6-14,16-17,21H2,1-5H3. The lowest BCUT2D eigenvalue weighted by molar-refractivity contribution is 0.302. The molecule has 34 heavy (non-hydrogen) atoms. The van der Waals surface area contributed by atoms with E-state index < -0.39 is 0 Å². The summed E-state index contributed by atoms with van der Waals surface area (Å²) in [5.74, 6) is 1.74. The molecular weight excluding hydrogens is 434 g/mol. The minimum atomic E-state index is 0.763. The number of hydrogen-bond donors (Lipinski definition) is 0. The van der Waals surface area contributed by atoms with Crippen molar-refractivity contribution in [2.45, 2.75) is 97.3 Å². The number of aryl methyl sites for hydroxylation is 3. The van der Waals surface area contributed by atoms with Gasteiger partial charge in [0.1, 0.15) is 0 Å². The fraction of sp³-hybridized carbons (Fsp3) is 0.613. The first-order valence-electron chi connectivity index (χ1n) is 13.7. The molecule has 0 atom stereocenters. The zero-order valence-electron chi connectivity index (χ0n) is 22.4. The van der Waals surface area contributed by atoms with Crippen molar-refractivity contribution in [2.24, 2.45) is 5.92 Å². The van der Waals surface area contributed by atoms with Crippen LogP contribution >= 0.6 is 12.2 Å². The van der Waals surface area contributed by atoms with Gasteiger partial charge in [0, 0.05) is 6.54 Å². The molecule has 0 amide bonds. The van der Waals surface area contributed by atoms with E-state index in [9.17, 15) is 0 Å². The van der Waals surface area contributed by atoms with Crippen molar-refractivity contribution < 1.29 is 4.18 Å². The number of benzene rings is 2. The SMILES string of the molecule is CCCCCC1CCC(c2ccc(-c3ccc(CCCN(C)SOC)cc3CC)cc2C)CC1. The predicted octanol–water partition coefficient (Wildman–Crippen LogP) is 9.15. The molecule has 2 aromatic rings. The third-order valence-electron chi connectivity index (χ3n) is 7.77. The lowest BCUT2D eigenvalue weighted by Gasteiger charge is -2.30. The summed E-state index contributed by atoms with van der Waals surface area (Å²) in [5, 5.41) is 0. The molecule has 0 aliphatic heterocycles. The van der Waals surface area contributed by atoms with E-state index in [4.69, 9.17) is 4.18 Å². The minimum absolute atomic E-state index is 0.763. The van der Waals surface area contributed by atoms with Gasteiger partial charge in [-0.25, -0.2) is 4.31 Å². The van der Waals surface area contributed by atoms with Gasteiger partial charge < -0.3 is 4.18 Å². The topological polar surface area (TPSA) is 12.5 Å². The maximum atomic E-state index is 5.13. The van der Waals surface area contributed by atoms with Gasteiger partial charge >= 0.3 is 0 Å². The Balaban J connectivity index is 1.62. The van der Waals surface area contributed by atoms with Crippen molar-refractivity contribution >= 4 is 12.2 Å². The summed E-state index contributed by atoms with van der Waals surface area (Å²) >= 11 is 1.42. The first kappa shape index (κ1) is 27.3. The summed E-state index contributed by atoms with van der Waals surface area (Å²) in [7, 11) is 3.81. The highest BCUT2D eigenvalue weighted by Gasteiger charge is 2.23. The summed E-state index contributed by atoms with van der Waals surface area (Å²) < 4.78 is 7.28. The summed E-state index contributed by atoms with van der Waals surface area (Å²) in [6, 6.07) is 14.4. The van der Waals surface area contributed by atoms with E-state index in [1.54, 1.807) is 12.7 Å². The Morgan fingerprint density at radius 2 is 1.76 bits per heavy atom. The quantitative estimate of drug-likeness (QED) is 0.161. The van der Waals surface area contributed by atoms with E-state index in [-0.39, 0.29) is 0 Å². The van der Waals surface area contributed by atoms with Gasteiger partial charge in [0.15, 0.2) is 0 Å². The summed E-state index contributed by atoms with van der Waals surface area (Å²) in [6.07, 6.45) is 14.6. The van der Waals surface area contributed by atoms with E-state index in [2.05, 4.69) is 68.5 Å². The molecule has 0 N–H and O–H groups in total. The Labute approximate surface area is 214 Å². The lowest BCUT2D eigenvalue weighted by Crippen LogP contribution is -2.14. The molecule has 2 nitrogen and oxygen atoms in total. The zero-order valence-corrected chi connectivity index (χ0v) is 23.2. The highest BCUT2D eigenvalue weighted by Crippen LogP contribution is 2.40. The molecule has 2 aromatic carbocycles. The fourth-order valence-electron chi connectivity index (χ4n) is 5.79. The highest BCUT2D eigenvalue weighted by molar-refractivity contribution is 7.92. The molecule has 188 valence electrons. The molecule has 0 spiro atoms. The van der Waals surface area contributed by atoms with Crippen LogP contribution in [-0.4, -0.2) is 25.0 Å². The van der Waals surface area contributed by atoms with Gasteiger partial charge in [-0.1, -0.05) is 75.9 Å². The molecule has 1 fully saturated rings. The zero-order chi connectivity index (χ0) is 24.3. The second-order valence-corrected chi connectivity index (χ2v) is 11.4. The second-order valence-electron chi connectivity index (χ2n) is 10.3. The van der Waals surface area contributed by atoms with Crippen LogP contribution in [0.3, 0.4) is 0 Å². The van der Waals surface area contributed by atoms with Crippen LogP contribution in [0.25, 0.3) is 11.1 Å². The van der Waals surface area contributed by atoms with Gasteiger partial charge in [-0.05, 0) is 104 Å². The second kappa shape index (κ2) is 14.3. The molecule has 3 heteroatoms. The summed E-state index contributed by atoms with van der Waals surface area (Å²) in [5.41, 5.74) is 8.79. The number of hydrogen-bond acceptors (Lipinski definition) is 3. The van der Waals surface area contributed by atoms with Crippen LogP contribution in [0.5, 0.6) is 0 Å². The predicted molar refractivity (Wildman–Crippen MR) is 150 cm³/mol. The highest BCUT2D eigenvalue weighted by atomic mass is 32.2. The van der Waals surface area contributed by atoms with Gasteiger partial charge in [0.2, 0.25) is 0 Å². The fourth-order valence-corrected chi connectivity index (χ4v) is 6.25. The Bertz CT molecular complexity index is 872. The van der Waals surface area contributed by atoms with Crippen molar-refractivity contribution in [1.82, 2.24) is 4.31 Å². The number of nitrogens with zero attached hydrogens (tertiary/aromatic N) is 1. The van der Waals surface area contributed by atoms with Gasteiger partial charge in [0.25, 0.3) is 0 Å². The third kappa shape index (κ3) is 7.86. The smallest absolute Gasteiger partial charge is 0.0813 e. The van der Waals surface area contributed by atoms with Crippen LogP contribution in [0.2, 0.25) is 0 Å². The van der Waals surface area contributed by atoms with Crippen molar-refractivity contribution in [3.8, 4) is 11.1 Å². The molecule has 1 aliphatic rings. The lowest BCUT2D eigenvalue weighted by atomic mass is 9.75. The van der Waals surface area contributed by atoms with Crippen molar-refractivity contribution in [3.05, 3.63) is 58.7 Å². The molecule has 0 unspecified atom stereocenters. The van der Waals surface area contributed by atoms with Gasteiger partial charge in [-0.2, -0.15) is 0 Å². The molecule has 3 rings (SSSR count).